The average Bonchev–Trinajstić information content (AvgIpc) is 2.64. The van der Waals surface area contributed by atoms with E-state index in [1.165, 1.54) is 11.8 Å². The monoisotopic (exact) mass is 408 g/mol. The van der Waals surface area contributed by atoms with E-state index in [1.807, 2.05) is 31.4 Å². The molecule has 2 rings (SSSR count). The first-order chi connectivity index (χ1) is 12.8. The highest BCUT2D eigenvalue weighted by atomic mass is 32.2. The Balaban J connectivity index is 2.16. The molecular formula is C19H24N2O4S2. The molecule has 0 atom stereocenters. The van der Waals surface area contributed by atoms with Gasteiger partial charge >= 0.3 is 0 Å². The van der Waals surface area contributed by atoms with Crippen LogP contribution in [-0.2, 0) is 14.8 Å². The van der Waals surface area contributed by atoms with E-state index in [0.717, 1.165) is 21.9 Å². The standard InChI is InChI=1S/C19H24N2O4S2/c1-4-13-25-16-11-9-15(10-12-16)21(27(3,23)24)14-19(22)20-17-7-5-6-8-18(17)26-2/h5-12H,4,13-14H2,1-3H3,(H,20,22). The van der Waals surface area contributed by atoms with Crippen molar-refractivity contribution in [3.63, 3.8) is 0 Å². The van der Waals surface area contributed by atoms with Crippen molar-refractivity contribution in [3.8, 4) is 5.75 Å². The summed E-state index contributed by atoms with van der Waals surface area (Å²) in [4.78, 5) is 13.4. The second kappa shape index (κ2) is 9.66. The molecule has 0 fully saturated rings. The lowest BCUT2D eigenvalue weighted by Gasteiger charge is -2.22. The highest BCUT2D eigenvalue weighted by molar-refractivity contribution is 7.98. The van der Waals surface area contributed by atoms with E-state index in [4.69, 9.17) is 4.74 Å². The molecular weight excluding hydrogens is 384 g/mol. The number of anilines is 2. The second-order valence-corrected chi connectivity index (χ2v) is 8.62. The van der Waals surface area contributed by atoms with Gasteiger partial charge in [-0.1, -0.05) is 19.1 Å². The van der Waals surface area contributed by atoms with Crippen LogP contribution in [0.4, 0.5) is 11.4 Å². The number of benzene rings is 2. The van der Waals surface area contributed by atoms with Crippen molar-refractivity contribution < 1.29 is 17.9 Å². The van der Waals surface area contributed by atoms with E-state index in [-0.39, 0.29) is 6.54 Å². The van der Waals surface area contributed by atoms with E-state index in [1.54, 1.807) is 30.3 Å². The van der Waals surface area contributed by atoms with E-state index >= 15 is 0 Å². The van der Waals surface area contributed by atoms with Gasteiger partial charge in [-0.2, -0.15) is 0 Å². The highest BCUT2D eigenvalue weighted by Crippen LogP contribution is 2.25. The third-order valence-corrected chi connectivity index (χ3v) is 5.60. The molecule has 0 aliphatic rings. The lowest BCUT2D eigenvalue weighted by atomic mass is 10.3. The van der Waals surface area contributed by atoms with Gasteiger partial charge in [0.05, 0.1) is 24.2 Å². The third-order valence-electron chi connectivity index (χ3n) is 3.67. The molecule has 2 aromatic rings. The molecule has 2 aromatic carbocycles. The molecule has 146 valence electrons. The molecule has 0 unspecified atom stereocenters. The largest absolute Gasteiger partial charge is 0.494 e. The minimum absolute atomic E-state index is 0.309. The summed E-state index contributed by atoms with van der Waals surface area (Å²) in [6.45, 7) is 2.29. The fraction of sp³-hybridized carbons (Fsp3) is 0.316. The van der Waals surface area contributed by atoms with Gasteiger partial charge in [-0.15, -0.1) is 11.8 Å². The molecule has 1 amide bonds. The van der Waals surface area contributed by atoms with Gasteiger partial charge in [0.15, 0.2) is 0 Å². The normalized spacial score (nSPS) is 11.1. The quantitative estimate of drug-likeness (QED) is 0.642. The Morgan fingerprint density at radius 2 is 1.81 bits per heavy atom. The Morgan fingerprint density at radius 3 is 2.41 bits per heavy atom. The molecule has 0 spiro atoms. The second-order valence-electron chi connectivity index (χ2n) is 5.86. The Hall–Kier alpha value is -2.19. The maximum absolute atomic E-state index is 12.5. The number of sulfonamides is 1. The predicted octanol–water partition coefficient (Wildman–Crippen LogP) is 3.60. The summed E-state index contributed by atoms with van der Waals surface area (Å²) in [6, 6.07) is 14.0. The number of nitrogens with zero attached hydrogens (tertiary/aromatic N) is 1. The lowest BCUT2D eigenvalue weighted by molar-refractivity contribution is -0.114. The number of nitrogens with one attached hydrogen (secondary N) is 1. The Kier molecular flexibility index (Phi) is 7.55. The van der Waals surface area contributed by atoms with Gasteiger partial charge in [-0.25, -0.2) is 8.42 Å². The highest BCUT2D eigenvalue weighted by Gasteiger charge is 2.21. The van der Waals surface area contributed by atoms with Gasteiger partial charge < -0.3 is 10.1 Å². The Labute approximate surface area is 165 Å². The predicted molar refractivity (Wildman–Crippen MR) is 111 cm³/mol. The number of carbonyl (C=O) groups excluding carboxylic acids is 1. The molecule has 0 heterocycles. The first kappa shape index (κ1) is 21.1. The molecule has 0 bridgehead atoms. The van der Waals surface area contributed by atoms with E-state index < -0.39 is 15.9 Å². The number of amides is 1. The summed E-state index contributed by atoms with van der Waals surface area (Å²) in [5.41, 5.74) is 1.07. The molecule has 6 nitrogen and oxygen atoms in total. The van der Waals surface area contributed by atoms with Crippen LogP contribution < -0.4 is 14.4 Å². The van der Waals surface area contributed by atoms with Crippen molar-refractivity contribution >= 4 is 39.1 Å². The smallest absolute Gasteiger partial charge is 0.245 e. The fourth-order valence-corrected chi connectivity index (χ4v) is 3.81. The van der Waals surface area contributed by atoms with Crippen LogP contribution in [0.2, 0.25) is 0 Å². The van der Waals surface area contributed by atoms with Crippen LogP contribution in [0.25, 0.3) is 0 Å². The number of carbonyl (C=O) groups is 1. The molecule has 0 aliphatic carbocycles. The zero-order valence-corrected chi connectivity index (χ0v) is 17.3. The first-order valence-corrected chi connectivity index (χ1v) is 11.6. The molecule has 0 aliphatic heterocycles. The van der Waals surface area contributed by atoms with Crippen LogP contribution in [0, 0.1) is 0 Å². The fourth-order valence-electron chi connectivity index (χ4n) is 2.40. The van der Waals surface area contributed by atoms with Crippen molar-refractivity contribution in [1.29, 1.82) is 0 Å². The van der Waals surface area contributed by atoms with Crippen molar-refractivity contribution in [2.75, 3.05) is 35.3 Å². The number of rotatable bonds is 9. The summed E-state index contributed by atoms with van der Waals surface area (Å²) >= 11 is 1.51. The SMILES string of the molecule is CCCOc1ccc(N(CC(=O)Nc2ccccc2SC)S(C)(=O)=O)cc1. The van der Waals surface area contributed by atoms with Gasteiger partial charge in [-0.05, 0) is 49.1 Å². The van der Waals surface area contributed by atoms with Crippen LogP contribution in [0.3, 0.4) is 0 Å². The summed E-state index contributed by atoms with van der Waals surface area (Å²) < 4.78 is 31.0. The van der Waals surface area contributed by atoms with Crippen LogP contribution in [-0.4, -0.2) is 40.0 Å². The Morgan fingerprint density at radius 1 is 1.15 bits per heavy atom. The van der Waals surface area contributed by atoms with Crippen LogP contribution in [0.1, 0.15) is 13.3 Å². The third kappa shape index (κ3) is 6.18. The molecule has 8 heteroatoms. The maximum Gasteiger partial charge on any atom is 0.245 e. The molecule has 0 saturated carbocycles. The zero-order valence-electron chi connectivity index (χ0n) is 15.6. The Bertz CT molecular complexity index is 868. The summed E-state index contributed by atoms with van der Waals surface area (Å²) in [6.07, 6.45) is 3.88. The molecule has 27 heavy (non-hydrogen) atoms. The number of thioether (sulfide) groups is 1. The average molecular weight is 409 g/mol. The van der Waals surface area contributed by atoms with E-state index in [0.29, 0.717) is 23.7 Å². The number of para-hydroxylation sites is 1. The van der Waals surface area contributed by atoms with Crippen molar-refractivity contribution in [2.45, 2.75) is 18.2 Å². The summed E-state index contributed by atoms with van der Waals surface area (Å²) in [5.74, 6) is 0.251. The molecule has 1 N–H and O–H groups in total. The van der Waals surface area contributed by atoms with Gasteiger partial charge in [-0.3, -0.25) is 9.10 Å². The van der Waals surface area contributed by atoms with Crippen LogP contribution in [0.5, 0.6) is 5.75 Å². The number of ether oxygens (including phenoxy) is 1. The van der Waals surface area contributed by atoms with Crippen molar-refractivity contribution in [1.82, 2.24) is 0 Å². The van der Waals surface area contributed by atoms with Gasteiger partial charge in [0.2, 0.25) is 15.9 Å². The lowest BCUT2D eigenvalue weighted by Crippen LogP contribution is -2.37. The number of hydrogen-bond donors (Lipinski definition) is 1. The maximum atomic E-state index is 12.5. The molecule has 0 radical (unpaired) electrons. The zero-order chi connectivity index (χ0) is 19.9. The van der Waals surface area contributed by atoms with Gasteiger partial charge in [0.1, 0.15) is 12.3 Å². The molecule has 0 saturated heterocycles. The van der Waals surface area contributed by atoms with E-state index in [9.17, 15) is 13.2 Å². The van der Waals surface area contributed by atoms with E-state index in [2.05, 4.69) is 5.32 Å². The molecule has 0 aromatic heterocycles. The topological polar surface area (TPSA) is 75.7 Å². The minimum Gasteiger partial charge on any atom is -0.494 e. The van der Waals surface area contributed by atoms with Gasteiger partial charge in [0, 0.05) is 4.90 Å². The minimum atomic E-state index is -3.62. The van der Waals surface area contributed by atoms with Gasteiger partial charge in [0.25, 0.3) is 0 Å². The number of hydrogen-bond acceptors (Lipinski definition) is 5. The van der Waals surface area contributed by atoms with Crippen LogP contribution in [0.15, 0.2) is 53.4 Å². The first-order valence-electron chi connectivity index (χ1n) is 8.48. The van der Waals surface area contributed by atoms with Crippen molar-refractivity contribution in [3.05, 3.63) is 48.5 Å². The summed E-state index contributed by atoms with van der Waals surface area (Å²) in [7, 11) is -3.62. The summed E-state index contributed by atoms with van der Waals surface area (Å²) in [5, 5.41) is 2.78. The van der Waals surface area contributed by atoms with Crippen LogP contribution >= 0.6 is 11.8 Å². The van der Waals surface area contributed by atoms with Crippen molar-refractivity contribution in [2.24, 2.45) is 0 Å².